The standard InChI is InChI=1S/C14H16N2O5S2/c1-9-3-4-11(23(16,19)20)8-14(9)22(17,18)10-5-6-13(21-2)12(15)7-10/h3-8H,15H2,1-2H3,(H2,16,19,20). The van der Waals surface area contributed by atoms with Crippen LogP contribution in [0.2, 0.25) is 0 Å². The summed E-state index contributed by atoms with van der Waals surface area (Å²) < 4.78 is 53.4. The Morgan fingerprint density at radius 3 is 2.09 bits per heavy atom. The van der Waals surface area contributed by atoms with Crippen molar-refractivity contribution in [3.05, 3.63) is 42.0 Å². The maximum atomic E-state index is 12.8. The molecule has 0 atom stereocenters. The number of primary sulfonamides is 1. The lowest BCUT2D eigenvalue weighted by Crippen LogP contribution is -2.14. The summed E-state index contributed by atoms with van der Waals surface area (Å²) in [5.74, 6) is 0.346. The molecular weight excluding hydrogens is 340 g/mol. The third-order valence-corrected chi connectivity index (χ3v) is 6.09. The average Bonchev–Trinajstić information content (AvgIpc) is 2.46. The van der Waals surface area contributed by atoms with E-state index < -0.39 is 19.9 Å². The highest BCUT2D eigenvalue weighted by Crippen LogP contribution is 2.30. The average molecular weight is 356 g/mol. The molecule has 9 heteroatoms. The summed E-state index contributed by atoms with van der Waals surface area (Å²) in [4.78, 5) is -0.484. The van der Waals surface area contributed by atoms with Gasteiger partial charge in [0.2, 0.25) is 19.9 Å². The fraction of sp³-hybridized carbons (Fsp3) is 0.143. The minimum atomic E-state index is -4.01. The first-order chi connectivity index (χ1) is 10.6. The number of hydrogen-bond acceptors (Lipinski definition) is 6. The SMILES string of the molecule is COc1ccc(S(=O)(=O)c2cc(S(N)(=O)=O)ccc2C)cc1N. The van der Waals surface area contributed by atoms with E-state index in [-0.39, 0.29) is 20.4 Å². The van der Waals surface area contributed by atoms with E-state index in [9.17, 15) is 16.8 Å². The van der Waals surface area contributed by atoms with E-state index >= 15 is 0 Å². The van der Waals surface area contributed by atoms with Crippen molar-refractivity contribution < 1.29 is 21.6 Å². The topological polar surface area (TPSA) is 130 Å². The molecule has 2 rings (SSSR count). The minimum absolute atomic E-state index is 0.0644. The molecule has 124 valence electrons. The molecule has 0 aliphatic rings. The van der Waals surface area contributed by atoms with Gasteiger partial charge in [-0.15, -0.1) is 0 Å². The summed E-state index contributed by atoms with van der Waals surface area (Å²) in [6, 6.07) is 7.72. The fourth-order valence-electron chi connectivity index (χ4n) is 2.05. The van der Waals surface area contributed by atoms with Gasteiger partial charge in [0.05, 0.1) is 27.5 Å². The summed E-state index contributed by atoms with van der Waals surface area (Å²) in [6.45, 7) is 1.56. The van der Waals surface area contributed by atoms with Crippen molar-refractivity contribution in [2.24, 2.45) is 5.14 Å². The maximum absolute atomic E-state index is 12.8. The number of ether oxygens (including phenoxy) is 1. The molecule has 0 unspecified atom stereocenters. The van der Waals surface area contributed by atoms with Gasteiger partial charge in [-0.1, -0.05) is 6.07 Å². The summed E-state index contributed by atoms with van der Waals surface area (Å²) in [7, 11) is -6.55. The Morgan fingerprint density at radius 2 is 1.57 bits per heavy atom. The number of nitrogens with two attached hydrogens (primary N) is 2. The number of benzene rings is 2. The lowest BCUT2D eigenvalue weighted by Gasteiger charge is -2.11. The number of nitrogen functional groups attached to an aromatic ring is 1. The number of hydrogen-bond donors (Lipinski definition) is 2. The van der Waals surface area contributed by atoms with Gasteiger partial charge in [-0.3, -0.25) is 0 Å². The van der Waals surface area contributed by atoms with Crippen LogP contribution in [0.4, 0.5) is 5.69 Å². The van der Waals surface area contributed by atoms with Gasteiger partial charge in [0.15, 0.2) is 0 Å². The third kappa shape index (κ3) is 3.31. The van der Waals surface area contributed by atoms with E-state index in [1.165, 1.54) is 37.4 Å². The molecule has 0 aromatic heterocycles. The van der Waals surface area contributed by atoms with Gasteiger partial charge in [-0.2, -0.15) is 0 Å². The second kappa shape index (κ2) is 5.84. The van der Waals surface area contributed by atoms with Crippen molar-refractivity contribution in [2.75, 3.05) is 12.8 Å². The molecular formula is C14H16N2O5S2. The molecule has 23 heavy (non-hydrogen) atoms. The highest BCUT2D eigenvalue weighted by Gasteiger charge is 2.23. The predicted molar refractivity (Wildman–Crippen MR) is 85.4 cm³/mol. The van der Waals surface area contributed by atoms with Crippen LogP contribution in [0.5, 0.6) is 5.75 Å². The second-order valence-electron chi connectivity index (χ2n) is 4.88. The van der Waals surface area contributed by atoms with Crippen LogP contribution in [-0.4, -0.2) is 23.9 Å². The van der Waals surface area contributed by atoms with Gasteiger partial charge >= 0.3 is 0 Å². The van der Waals surface area contributed by atoms with Gasteiger partial charge in [0, 0.05) is 0 Å². The maximum Gasteiger partial charge on any atom is 0.238 e. The number of rotatable bonds is 4. The number of methoxy groups -OCH3 is 1. The monoisotopic (exact) mass is 356 g/mol. The number of sulfonamides is 1. The molecule has 0 spiro atoms. The van der Waals surface area contributed by atoms with E-state index in [2.05, 4.69) is 0 Å². The highest BCUT2D eigenvalue weighted by molar-refractivity contribution is 7.91. The van der Waals surface area contributed by atoms with Crippen molar-refractivity contribution in [1.82, 2.24) is 0 Å². The zero-order valence-electron chi connectivity index (χ0n) is 12.5. The van der Waals surface area contributed by atoms with Crippen LogP contribution in [0.15, 0.2) is 51.1 Å². The van der Waals surface area contributed by atoms with E-state index in [4.69, 9.17) is 15.6 Å². The summed E-state index contributed by atoms with van der Waals surface area (Å²) in [6.07, 6.45) is 0. The minimum Gasteiger partial charge on any atom is -0.495 e. The van der Waals surface area contributed by atoms with Gasteiger partial charge in [-0.05, 0) is 42.8 Å². The zero-order valence-corrected chi connectivity index (χ0v) is 14.1. The lowest BCUT2D eigenvalue weighted by molar-refractivity contribution is 0.416. The van der Waals surface area contributed by atoms with Crippen molar-refractivity contribution in [3.63, 3.8) is 0 Å². The molecule has 0 heterocycles. The largest absolute Gasteiger partial charge is 0.495 e. The normalized spacial score (nSPS) is 12.1. The Hall–Kier alpha value is -2.10. The Balaban J connectivity index is 2.67. The molecule has 0 fully saturated rings. The van der Waals surface area contributed by atoms with Crippen LogP contribution >= 0.6 is 0 Å². The molecule has 2 aromatic carbocycles. The van der Waals surface area contributed by atoms with E-state index in [0.717, 1.165) is 6.07 Å². The second-order valence-corrected chi connectivity index (χ2v) is 8.36. The number of aryl methyl sites for hydroxylation is 1. The summed E-state index contributed by atoms with van der Waals surface area (Å²) in [5, 5.41) is 5.06. The van der Waals surface area contributed by atoms with Gasteiger partial charge < -0.3 is 10.5 Å². The summed E-state index contributed by atoms with van der Waals surface area (Å²) >= 11 is 0. The van der Waals surface area contributed by atoms with Crippen LogP contribution in [0, 0.1) is 6.92 Å². The zero-order chi connectivity index (χ0) is 17.4. The quantitative estimate of drug-likeness (QED) is 0.788. The molecule has 0 bridgehead atoms. The first-order valence-electron chi connectivity index (χ1n) is 6.39. The molecule has 7 nitrogen and oxygen atoms in total. The molecule has 0 saturated heterocycles. The Morgan fingerprint density at radius 1 is 0.957 bits per heavy atom. The predicted octanol–water partition coefficient (Wildman–Crippen LogP) is 1.07. The van der Waals surface area contributed by atoms with Crippen molar-refractivity contribution in [3.8, 4) is 5.75 Å². The van der Waals surface area contributed by atoms with Crippen LogP contribution in [-0.2, 0) is 19.9 Å². The molecule has 4 N–H and O–H groups in total. The van der Waals surface area contributed by atoms with Gasteiger partial charge in [0.1, 0.15) is 5.75 Å². The van der Waals surface area contributed by atoms with E-state index in [1.807, 2.05) is 0 Å². The number of anilines is 1. The van der Waals surface area contributed by atoms with Gasteiger partial charge in [0.25, 0.3) is 0 Å². The highest BCUT2D eigenvalue weighted by atomic mass is 32.2. The molecule has 0 radical (unpaired) electrons. The van der Waals surface area contributed by atoms with Crippen molar-refractivity contribution in [1.29, 1.82) is 0 Å². The Labute approximate surface area is 134 Å². The lowest BCUT2D eigenvalue weighted by atomic mass is 10.2. The van der Waals surface area contributed by atoms with Crippen LogP contribution in [0.1, 0.15) is 5.56 Å². The van der Waals surface area contributed by atoms with Gasteiger partial charge in [-0.25, -0.2) is 22.0 Å². The van der Waals surface area contributed by atoms with Crippen molar-refractivity contribution in [2.45, 2.75) is 21.6 Å². The van der Waals surface area contributed by atoms with Crippen molar-refractivity contribution >= 4 is 25.5 Å². The Kier molecular flexibility index (Phi) is 4.38. The number of sulfone groups is 1. The summed E-state index contributed by atoms with van der Waals surface area (Å²) in [5.41, 5.74) is 6.29. The first kappa shape index (κ1) is 17.3. The molecule has 0 aliphatic heterocycles. The van der Waals surface area contributed by atoms with Crippen LogP contribution in [0.25, 0.3) is 0 Å². The molecule has 0 saturated carbocycles. The Bertz CT molecular complexity index is 967. The fourth-order valence-corrected chi connectivity index (χ4v) is 4.23. The van der Waals surface area contributed by atoms with E-state index in [0.29, 0.717) is 11.3 Å². The first-order valence-corrected chi connectivity index (χ1v) is 9.42. The van der Waals surface area contributed by atoms with Crippen LogP contribution < -0.4 is 15.6 Å². The van der Waals surface area contributed by atoms with Crippen LogP contribution in [0.3, 0.4) is 0 Å². The molecule has 0 amide bonds. The smallest absolute Gasteiger partial charge is 0.238 e. The molecule has 0 aliphatic carbocycles. The third-order valence-electron chi connectivity index (χ3n) is 3.29. The molecule has 2 aromatic rings. The van der Waals surface area contributed by atoms with E-state index in [1.54, 1.807) is 6.92 Å².